The summed E-state index contributed by atoms with van der Waals surface area (Å²) in [6.45, 7) is 1.41. The molecule has 122 valence electrons. The summed E-state index contributed by atoms with van der Waals surface area (Å²) in [6, 6.07) is 16.8. The number of nitrogens with zero attached hydrogens (tertiary/aromatic N) is 1. The first-order chi connectivity index (χ1) is 11.2. The van der Waals surface area contributed by atoms with Crippen molar-refractivity contribution in [3.63, 3.8) is 0 Å². The van der Waals surface area contributed by atoms with Crippen LogP contribution in [0.4, 0.5) is 5.69 Å². The van der Waals surface area contributed by atoms with Crippen molar-refractivity contribution in [3.8, 4) is 0 Å². The lowest BCUT2D eigenvalue weighted by atomic mass is 9.91. The van der Waals surface area contributed by atoms with Crippen molar-refractivity contribution >= 4 is 34.9 Å². The number of rotatable bonds is 8. The molecule has 0 amide bonds. The van der Waals surface area contributed by atoms with Crippen LogP contribution in [0.2, 0.25) is 0 Å². The summed E-state index contributed by atoms with van der Waals surface area (Å²) in [5.41, 5.74) is 2.52. The number of aliphatic carboxylic acids is 1. The van der Waals surface area contributed by atoms with Crippen molar-refractivity contribution in [1.29, 1.82) is 0 Å². The van der Waals surface area contributed by atoms with Crippen LogP contribution in [0.5, 0.6) is 0 Å². The Morgan fingerprint density at radius 2 is 1.43 bits per heavy atom. The summed E-state index contributed by atoms with van der Waals surface area (Å²) in [5, 5.41) is 9.58. The van der Waals surface area contributed by atoms with E-state index in [0.717, 1.165) is 16.8 Å². The van der Waals surface area contributed by atoms with Crippen molar-refractivity contribution in [2.75, 3.05) is 29.7 Å². The zero-order valence-corrected chi connectivity index (χ0v) is 14.2. The smallest absolute Gasteiger partial charge is 0.315 e. The number of halogens is 2. The third-order valence-electron chi connectivity index (χ3n) is 3.68. The summed E-state index contributed by atoms with van der Waals surface area (Å²) in [4.78, 5) is 13.8. The topological polar surface area (TPSA) is 40.5 Å². The predicted octanol–water partition coefficient (Wildman–Crippen LogP) is 4.19. The first kappa shape index (κ1) is 17.6. The lowest BCUT2D eigenvalue weighted by Crippen LogP contribution is -2.27. The van der Waals surface area contributed by atoms with Gasteiger partial charge in [0.05, 0.1) is 0 Å². The molecule has 0 aliphatic rings. The molecule has 1 unspecified atom stereocenters. The van der Waals surface area contributed by atoms with E-state index in [1.807, 2.05) is 54.6 Å². The maximum Gasteiger partial charge on any atom is 0.315 e. The number of hydrogen-bond acceptors (Lipinski definition) is 2. The predicted molar refractivity (Wildman–Crippen MR) is 96.0 cm³/mol. The van der Waals surface area contributed by atoms with Crippen LogP contribution in [0.3, 0.4) is 0 Å². The average molecular weight is 352 g/mol. The van der Waals surface area contributed by atoms with Crippen LogP contribution in [0.15, 0.2) is 54.6 Å². The average Bonchev–Trinajstić information content (AvgIpc) is 2.56. The summed E-state index contributed by atoms with van der Waals surface area (Å²) < 4.78 is 0. The highest BCUT2D eigenvalue weighted by Crippen LogP contribution is 2.27. The molecule has 2 aromatic rings. The Bertz CT molecular complexity index is 611. The van der Waals surface area contributed by atoms with E-state index in [1.165, 1.54) is 0 Å². The fourth-order valence-corrected chi connectivity index (χ4v) is 2.98. The molecule has 0 aliphatic heterocycles. The van der Waals surface area contributed by atoms with E-state index in [4.69, 9.17) is 23.2 Å². The molecule has 0 aliphatic carbocycles. The van der Waals surface area contributed by atoms with Gasteiger partial charge in [0.15, 0.2) is 0 Å². The van der Waals surface area contributed by atoms with Crippen LogP contribution in [-0.2, 0) is 4.79 Å². The molecule has 0 spiro atoms. The minimum Gasteiger partial charge on any atom is -0.481 e. The molecule has 0 radical (unpaired) electrons. The molecular formula is C18H19Cl2NO2. The van der Waals surface area contributed by atoms with Gasteiger partial charge in [-0.25, -0.2) is 0 Å². The van der Waals surface area contributed by atoms with Crippen molar-refractivity contribution in [3.05, 3.63) is 65.7 Å². The number of carbonyl (C=O) groups is 1. The molecule has 23 heavy (non-hydrogen) atoms. The quantitative estimate of drug-likeness (QED) is 0.725. The molecule has 0 aromatic heterocycles. The number of carboxylic acid groups (broad SMARTS) is 1. The molecule has 0 saturated heterocycles. The molecule has 0 saturated carbocycles. The third-order valence-corrected chi connectivity index (χ3v) is 4.02. The number of benzene rings is 2. The van der Waals surface area contributed by atoms with Gasteiger partial charge in [0, 0.05) is 30.5 Å². The van der Waals surface area contributed by atoms with Gasteiger partial charge in [-0.15, -0.1) is 23.2 Å². The molecule has 2 rings (SSSR count). The Hall–Kier alpha value is -1.71. The van der Waals surface area contributed by atoms with E-state index in [9.17, 15) is 9.90 Å². The highest BCUT2D eigenvalue weighted by molar-refractivity contribution is 6.18. The second-order valence-corrected chi connectivity index (χ2v) is 5.89. The Morgan fingerprint density at radius 3 is 1.91 bits per heavy atom. The van der Waals surface area contributed by atoms with Gasteiger partial charge < -0.3 is 10.0 Å². The Labute approximate surface area is 146 Å². The van der Waals surface area contributed by atoms with Crippen LogP contribution in [-0.4, -0.2) is 35.9 Å². The minimum atomic E-state index is -0.859. The number of hydrogen-bond donors (Lipinski definition) is 1. The van der Waals surface area contributed by atoms with E-state index in [0.29, 0.717) is 24.8 Å². The summed E-state index contributed by atoms with van der Waals surface area (Å²) in [5.74, 6) is -0.497. The molecule has 5 heteroatoms. The lowest BCUT2D eigenvalue weighted by molar-refractivity contribution is -0.137. The fourth-order valence-electron chi connectivity index (χ4n) is 2.57. The first-order valence-electron chi connectivity index (χ1n) is 7.42. The van der Waals surface area contributed by atoms with Crippen LogP contribution in [0.1, 0.15) is 17.0 Å². The standard InChI is InChI=1S/C18H19Cl2NO2/c19-10-12-21(13-11-20)16-8-6-15(7-9-16)17(18(22)23)14-4-2-1-3-5-14/h1-9,17H,10-13H2,(H,22,23). The van der Waals surface area contributed by atoms with Gasteiger partial charge in [-0.3, -0.25) is 4.79 Å². The fraction of sp³-hybridized carbons (Fsp3) is 0.278. The molecular weight excluding hydrogens is 333 g/mol. The second kappa shape index (κ2) is 8.80. The molecule has 2 aromatic carbocycles. The minimum absolute atomic E-state index is 0.514. The maximum absolute atomic E-state index is 11.7. The van der Waals surface area contributed by atoms with Gasteiger partial charge in [-0.1, -0.05) is 42.5 Å². The number of alkyl halides is 2. The van der Waals surface area contributed by atoms with Gasteiger partial charge in [0.2, 0.25) is 0 Å². The largest absolute Gasteiger partial charge is 0.481 e. The van der Waals surface area contributed by atoms with E-state index in [-0.39, 0.29) is 0 Å². The lowest BCUT2D eigenvalue weighted by Gasteiger charge is -2.23. The summed E-state index contributed by atoms with van der Waals surface area (Å²) in [6.07, 6.45) is 0. The zero-order chi connectivity index (χ0) is 16.7. The zero-order valence-electron chi connectivity index (χ0n) is 12.7. The van der Waals surface area contributed by atoms with E-state index >= 15 is 0 Å². The Balaban J connectivity index is 2.27. The van der Waals surface area contributed by atoms with Crippen molar-refractivity contribution in [1.82, 2.24) is 0 Å². The molecule has 0 bridgehead atoms. The molecule has 1 N–H and O–H groups in total. The summed E-state index contributed by atoms with van der Waals surface area (Å²) >= 11 is 11.6. The number of anilines is 1. The van der Waals surface area contributed by atoms with Crippen molar-refractivity contribution in [2.45, 2.75) is 5.92 Å². The van der Waals surface area contributed by atoms with Gasteiger partial charge >= 0.3 is 5.97 Å². The summed E-state index contributed by atoms with van der Waals surface area (Å²) in [7, 11) is 0. The highest BCUT2D eigenvalue weighted by Gasteiger charge is 2.21. The molecule has 0 heterocycles. The normalized spacial score (nSPS) is 11.9. The van der Waals surface area contributed by atoms with Gasteiger partial charge in [-0.2, -0.15) is 0 Å². The number of carboxylic acids is 1. The van der Waals surface area contributed by atoms with Gasteiger partial charge in [-0.05, 0) is 23.3 Å². The van der Waals surface area contributed by atoms with Crippen LogP contribution >= 0.6 is 23.2 Å². The molecule has 3 nitrogen and oxygen atoms in total. The first-order valence-corrected chi connectivity index (χ1v) is 8.49. The van der Waals surface area contributed by atoms with Crippen LogP contribution < -0.4 is 4.90 Å². The molecule has 0 fully saturated rings. The van der Waals surface area contributed by atoms with Gasteiger partial charge in [0.25, 0.3) is 0 Å². The van der Waals surface area contributed by atoms with E-state index < -0.39 is 11.9 Å². The Kier molecular flexibility index (Phi) is 6.75. The SMILES string of the molecule is O=C(O)C(c1ccccc1)c1ccc(N(CCCl)CCCl)cc1. The Morgan fingerprint density at radius 1 is 0.913 bits per heavy atom. The van der Waals surface area contributed by atoms with Crippen molar-refractivity contribution < 1.29 is 9.90 Å². The van der Waals surface area contributed by atoms with Crippen molar-refractivity contribution in [2.24, 2.45) is 0 Å². The monoisotopic (exact) mass is 351 g/mol. The van der Waals surface area contributed by atoms with E-state index in [1.54, 1.807) is 0 Å². The maximum atomic E-state index is 11.7. The van der Waals surface area contributed by atoms with Gasteiger partial charge in [0.1, 0.15) is 5.92 Å². The van der Waals surface area contributed by atoms with E-state index in [2.05, 4.69) is 4.90 Å². The third kappa shape index (κ3) is 4.63. The van der Waals surface area contributed by atoms with Crippen LogP contribution in [0, 0.1) is 0 Å². The highest BCUT2D eigenvalue weighted by atomic mass is 35.5. The second-order valence-electron chi connectivity index (χ2n) is 5.14. The van der Waals surface area contributed by atoms with Crippen LogP contribution in [0.25, 0.3) is 0 Å². The molecule has 1 atom stereocenters.